The van der Waals surface area contributed by atoms with Gasteiger partial charge in [0, 0.05) is 0 Å². The van der Waals surface area contributed by atoms with Crippen LogP contribution in [0.1, 0.15) is 31.2 Å². The lowest BCUT2D eigenvalue weighted by Crippen LogP contribution is -2.26. The molecule has 2 nitrogen and oxygen atoms in total. The van der Waals surface area contributed by atoms with Crippen molar-refractivity contribution in [3.63, 3.8) is 0 Å². The Morgan fingerprint density at radius 3 is 2.86 bits per heavy atom. The molecule has 14 heavy (non-hydrogen) atoms. The summed E-state index contributed by atoms with van der Waals surface area (Å²) in [7, 11) is 0. The summed E-state index contributed by atoms with van der Waals surface area (Å²) in [6, 6.07) is 8.19. The van der Waals surface area contributed by atoms with Crippen LogP contribution in [-0.2, 0) is 0 Å². The molecule has 1 aliphatic rings. The van der Waals surface area contributed by atoms with Crippen molar-refractivity contribution in [3.05, 3.63) is 29.8 Å². The van der Waals surface area contributed by atoms with E-state index in [4.69, 9.17) is 4.74 Å². The molecule has 1 saturated carbocycles. The zero-order valence-electron chi connectivity index (χ0n) is 8.44. The summed E-state index contributed by atoms with van der Waals surface area (Å²) in [5.41, 5.74) is 1.29. The van der Waals surface area contributed by atoms with Gasteiger partial charge in [0.05, 0.1) is 12.7 Å². The molecule has 1 fully saturated rings. The summed E-state index contributed by atoms with van der Waals surface area (Å²) >= 11 is 0. The Morgan fingerprint density at radius 1 is 1.43 bits per heavy atom. The van der Waals surface area contributed by atoms with Crippen LogP contribution in [0.15, 0.2) is 24.3 Å². The van der Waals surface area contributed by atoms with E-state index in [1.54, 1.807) is 0 Å². The van der Waals surface area contributed by atoms with E-state index in [1.165, 1.54) is 5.56 Å². The third-order valence-electron chi connectivity index (χ3n) is 2.75. The second-order valence-electron chi connectivity index (χ2n) is 3.83. The molecule has 1 aliphatic carbocycles. The third kappa shape index (κ3) is 1.90. The van der Waals surface area contributed by atoms with E-state index < -0.39 is 0 Å². The largest absolute Gasteiger partial charge is 0.494 e. The molecular weight excluding hydrogens is 176 g/mol. The molecule has 0 radical (unpaired) electrons. The molecule has 0 saturated heterocycles. The summed E-state index contributed by atoms with van der Waals surface area (Å²) in [4.78, 5) is 0. The van der Waals surface area contributed by atoms with Crippen molar-refractivity contribution in [2.45, 2.75) is 31.8 Å². The fourth-order valence-corrected chi connectivity index (χ4v) is 1.88. The maximum Gasteiger partial charge on any atom is 0.119 e. The molecular formula is C12H16O2. The molecule has 2 rings (SSSR count). The maximum absolute atomic E-state index is 9.22. The van der Waals surface area contributed by atoms with Crippen molar-refractivity contribution in [1.29, 1.82) is 0 Å². The van der Waals surface area contributed by atoms with Crippen molar-refractivity contribution in [2.75, 3.05) is 6.61 Å². The van der Waals surface area contributed by atoms with Crippen molar-refractivity contribution >= 4 is 0 Å². The van der Waals surface area contributed by atoms with Crippen molar-refractivity contribution in [1.82, 2.24) is 0 Å². The van der Waals surface area contributed by atoms with Gasteiger partial charge in [-0.2, -0.15) is 0 Å². The van der Waals surface area contributed by atoms with Crippen LogP contribution in [-0.4, -0.2) is 17.8 Å². The molecule has 0 bridgehead atoms. The first-order chi connectivity index (χ1) is 6.79. The van der Waals surface area contributed by atoms with Gasteiger partial charge in [0.25, 0.3) is 0 Å². The molecule has 0 heterocycles. The van der Waals surface area contributed by atoms with Crippen LogP contribution < -0.4 is 4.74 Å². The van der Waals surface area contributed by atoms with E-state index in [-0.39, 0.29) is 6.10 Å². The van der Waals surface area contributed by atoms with Crippen LogP contribution in [0.4, 0.5) is 0 Å². The van der Waals surface area contributed by atoms with Gasteiger partial charge in [-0.1, -0.05) is 12.1 Å². The Kier molecular flexibility index (Phi) is 2.73. The van der Waals surface area contributed by atoms with Crippen molar-refractivity contribution in [3.8, 4) is 5.75 Å². The zero-order chi connectivity index (χ0) is 9.97. The second kappa shape index (κ2) is 4.01. The number of hydrogen-bond donors (Lipinski definition) is 1. The van der Waals surface area contributed by atoms with Crippen molar-refractivity contribution in [2.24, 2.45) is 0 Å². The molecule has 0 aliphatic heterocycles. The smallest absolute Gasteiger partial charge is 0.119 e. The zero-order valence-corrected chi connectivity index (χ0v) is 8.44. The highest BCUT2D eigenvalue weighted by Crippen LogP contribution is 2.37. The first kappa shape index (κ1) is 9.53. The molecule has 2 heteroatoms. The van der Waals surface area contributed by atoms with Gasteiger partial charge in [0.2, 0.25) is 0 Å². The second-order valence-corrected chi connectivity index (χ2v) is 3.83. The Bertz CT molecular complexity index is 303. The Hall–Kier alpha value is -1.02. The summed E-state index contributed by atoms with van der Waals surface area (Å²) in [5.74, 6) is 1.47. The van der Waals surface area contributed by atoms with Crippen LogP contribution in [0.2, 0.25) is 0 Å². The fourth-order valence-electron chi connectivity index (χ4n) is 1.88. The molecule has 0 amide bonds. The number of benzene rings is 1. The molecule has 0 spiro atoms. The number of aliphatic hydroxyl groups excluding tert-OH is 1. The molecule has 76 valence electrons. The van der Waals surface area contributed by atoms with Gasteiger partial charge in [0.1, 0.15) is 5.75 Å². The first-order valence-corrected chi connectivity index (χ1v) is 5.20. The van der Waals surface area contributed by atoms with Crippen LogP contribution in [0.25, 0.3) is 0 Å². The molecule has 0 atom stereocenters. The highest BCUT2D eigenvalue weighted by molar-refractivity contribution is 5.32. The minimum atomic E-state index is -0.0873. The number of ether oxygens (including phenoxy) is 1. The number of rotatable bonds is 3. The fraction of sp³-hybridized carbons (Fsp3) is 0.500. The minimum absolute atomic E-state index is 0.0873. The maximum atomic E-state index is 9.22. The lowest BCUT2D eigenvalue weighted by atomic mass is 9.78. The van der Waals surface area contributed by atoms with Crippen LogP contribution in [0.5, 0.6) is 5.75 Å². The topological polar surface area (TPSA) is 29.5 Å². The SMILES string of the molecule is CCOc1cccc(C2CC(O)C2)c1. The summed E-state index contributed by atoms with van der Waals surface area (Å²) in [6.45, 7) is 2.69. The van der Waals surface area contributed by atoms with Gasteiger partial charge in [-0.05, 0) is 43.4 Å². The normalized spacial score (nSPS) is 25.6. The highest BCUT2D eigenvalue weighted by atomic mass is 16.5. The van der Waals surface area contributed by atoms with Gasteiger partial charge in [-0.15, -0.1) is 0 Å². The lowest BCUT2D eigenvalue weighted by Gasteiger charge is -2.31. The summed E-state index contributed by atoms with van der Waals surface area (Å²) in [6.07, 6.45) is 1.71. The molecule has 1 N–H and O–H groups in total. The van der Waals surface area contributed by atoms with Crippen LogP contribution in [0, 0.1) is 0 Å². The third-order valence-corrected chi connectivity index (χ3v) is 2.75. The molecule has 0 unspecified atom stereocenters. The number of aliphatic hydroxyl groups is 1. The van der Waals surface area contributed by atoms with E-state index in [1.807, 2.05) is 19.1 Å². The Labute approximate surface area is 84.5 Å². The Balaban J connectivity index is 2.06. The van der Waals surface area contributed by atoms with Crippen LogP contribution in [0.3, 0.4) is 0 Å². The lowest BCUT2D eigenvalue weighted by molar-refractivity contribution is 0.0745. The van der Waals surface area contributed by atoms with Gasteiger partial charge in [0.15, 0.2) is 0 Å². The van der Waals surface area contributed by atoms with E-state index in [0.717, 1.165) is 18.6 Å². The standard InChI is InChI=1S/C12H16O2/c1-2-14-12-5-3-4-9(8-12)10-6-11(13)7-10/h3-5,8,10-11,13H,2,6-7H2,1H3. The number of hydrogen-bond acceptors (Lipinski definition) is 2. The molecule has 1 aromatic carbocycles. The average molecular weight is 192 g/mol. The summed E-state index contributed by atoms with van der Waals surface area (Å²) < 4.78 is 5.43. The summed E-state index contributed by atoms with van der Waals surface area (Å²) in [5, 5.41) is 9.22. The van der Waals surface area contributed by atoms with E-state index in [0.29, 0.717) is 12.5 Å². The first-order valence-electron chi connectivity index (χ1n) is 5.20. The van der Waals surface area contributed by atoms with E-state index in [2.05, 4.69) is 12.1 Å². The van der Waals surface area contributed by atoms with E-state index in [9.17, 15) is 5.11 Å². The molecule has 1 aromatic rings. The van der Waals surface area contributed by atoms with Gasteiger partial charge in [-0.25, -0.2) is 0 Å². The average Bonchev–Trinajstić information content (AvgIpc) is 2.14. The van der Waals surface area contributed by atoms with Gasteiger partial charge in [-0.3, -0.25) is 0 Å². The van der Waals surface area contributed by atoms with Gasteiger partial charge >= 0.3 is 0 Å². The predicted molar refractivity (Wildman–Crippen MR) is 55.6 cm³/mol. The minimum Gasteiger partial charge on any atom is -0.494 e. The van der Waals surface area contributed by atoms with Gasteiger partial charge < -0.3 is 9.84 Å². The van der Waals surface area contributed by atoms with Crippen LogP contribution >= 0.6 is 0 Å². The quantitative estimate of drug-likeness (QED) is 0.796. The predicted octanol–water partition coefficient (Wildman–Crippen LogP) is 2.32. The monoisotopic (exact) mass is 192 g/mol. The Morgan fingerprint density at radius 2 is 2.21 bits per heavy atom. The molecule has 0 aromatic heterocycles. The highest BCUT2D eigenvalue weighted by Gasteiger charge is 2.28. The van der Waals surface area contributed by atoms with Crippen molar-refractivity contribution < 1.29 is 9.84 Å². The van der Waals surface area contributed by atoms with E-state index >= 15 is 0 Å².